The van der Waals surface area contributed by atoms with Gasteiger partial charge in [0.1, 0.15) is 5.75 Å². The zero-order valence-electron chi connectivity index (χ0n) is 10.3. The average molecular weight is 237 g/mol. The Kier molecular flexibility index (Phi) is 5.49. The predicted molar refractivity (Wildman–Crippen MR) is 66.0 cm³/mol. The van der Waals surface area contributed by atoms with E-state index in [1.165, 1.54) is 0 Å². The zero-order valence-corrected chi connectivity index (χ0v) is 10.3. The van der Waals surface area contributed by atoms with E-state index in [9.17, 15) is 4.79 Å². The summed E-state index contributed by atoms with van der Waals surface area (Å²) in [5.41, 5.74) is 6.46. The molecule has 0 heterocycles. The van der Waals surface area contributed by atoms with Crippen molar-refractivity contribution in [2.24, 2.45) is 5.73 Å². The van der Waals surface area contributed by atoms with Crippen LogP contribution >= 0.6 is 0 Å². The van der Waals surface area contributed by atoms with Crippen molar-refractivity contribution >= 4 is 5.97 Å². The van der Waals surface area contributed by atoms with E-state index < -0.39 is 5.92 Å². The van der Waals surface area contributed by atoms with Crippen molar-refractivity contribution in [1.82, 2.24) is 0 Å². The molecule has 0 spiro atoms. The number of nitrogens with two attached hydrogens (primary N) is 1. The molecule has 1 aromatic rings. The highest BCUT2D eigenvalue weighted by Crippen LogP contribution is 2.20. The van der Waals surface area contributed by atoms with E-state index in [4.69, 9.17) is 15.2 Å². The summed E-state index contributed by atoms with van der Waals surface area (Å²) < 4.78 is 10.3. The predicted octanol–water partition coefficient (Wildman–Crippen LogP) is 1.69. The molecule has 17 heavy (non-hydrogen) atoms. The van der Waals surface area contributed by atoms with Crippen LogP contribution < -0.4 is 10.5 Å². The SMILES string of the molecule is CCOC(=O)C(CN)c1ccc(OCC)cc1. The van der Waals surface area contributed by atoms with Crippen LogP contribution in [0.25, 0.3) is 0 Å². The molecule has 0 aromatic heterocycles. The highest BCUT2D eigenvalue weighted by molar-refractivity contribution is 5.78. The Bertz CT molecular complexity index is 348. The quantitative estimate of drug-likeness (QED) is 0.765. The van der Waals surface area contributed by atoms with Gasteiger partial charge in [0.05, 0.1) is 19.1 Å². The largest absolute Gasteiger partial charge is 0.494 e. The van der Waals surface area contributed by atoms with Crippen molar-refractivity contribution in [1.29, 1.82) is 0 Å². The Morgan fingerprint density at radius 1 is 1.24 bits per heavy atom. The molecule has 4 nitrogen and oxygen atoms in total. The molecule has 1 atom stereocenters. The topological polar surface area (TPSA) is 61.5 Å². The minimum Gasteiger partial charge on any atom is -0.494 e. The Balaban J connectivity index is 2.78. The third-order valence-electron chi connectivity index (χ3n) is 2.40. The lowest BCUT2D eigenvalue weighted by atomic mass is 9.99. The van der Waals surface area contributed by atoms with Crippen molar-refractivity contribution in [3.63, 3.8) is 0 Å². The van der Waals surface area contributed by atoms with E-state index in [0.29, 0.717) is 13.2 Å². The number of benzene rings is 1. The zero-order chi connectivity index (χ0) is 12.7. The monoisotopic (exact) mass is 237 g/mol. The summed E-state index contributed by atoms with van der Waals surface area (Å²) in [7, 11) is 0. The summed E-state index contributed by atoms with van der Waals surface area (Å²) in [6.07, 6.45) is 0. The van der Waals surface area contributed by atoms with Crippen molar-refractivity contribution in [3.8, 4) is 5.75 Å². The fourth-order valence-corrected chi connectivity index (χ4v) is 1.57. The van der Waals surface area contributed by atoms with Gasteiger partial charge in [-0.25, -0.2) is 0 Å². The van der Waals surface area contributed by atoms with Crippen LogP contribution in [0.4, 0.5) is 0 Å². The van der Waals surface area contributed by atoms with Crippen molar-refractivity contribution in [3.05, 3.63) is 29.8 Å². The molecule has 0 radical (unpaired) electrons. The van der Waals surface area contributed by atoms with Gasteiger partial charge in [-0.05, 0) is 31.5 Å². The summed E-state index contributed by atoms with van der Waals surface area (Å²) in [6, 6.07) is 7.36. The molecule has 0 aliphatic rings. The van der Waals surface area contributed by atoms with Crippen LogP contribution in [0.15, 0.2) is 24.3 Å². The van der Waals surface area contributed by atoms with Crippen LogP contribution in [-0.2, 0) is 9.53 Å². The van der Waals surface area contributed by atoms with Crippen LogP contribution in [0.2, 0.25) is 0 Å². The first-order valence-corrected chi connectivity index (χ1v) is 5.82. The van der Waals surface area contributed by atoms with Crippen molar-refractivity contribution < 1.29 is 14.3 Å². The fourth-order valence-electron chi connectivity index (χ4n) is 1.57. The van der Waals surface area contributed by atoms with Crippen molar-refractivity contribution in [2.75, 3.05) is 19.8 Å². The minimum absolute atomic E-state index is 0.243. The first-order valence-electron chi connectivity index (χ1n) is 5.82. The molecule has 1 aromatic carbocycles. The Morgan fingerprint density at radius 3 is 2.35 bits per heavy atom. The van der Waals surface area contributed by atoms with Gasteiger partial charge in [0.2, 0.25) is 0 Å². The molecular formula is C13H19NO3. The molecule has 0 fully saturated rings. The third kappa shape index (κ3) is 3.75. The van der Waals surface area contributed by atoms with Crippen LogP contribution in [-0.4, -0.2) is 25.7 Å². The van der Waals surface area contributed by atoms with E-state index >= 15 is 0 Å². The Hall–Kier alpha value is -1.55. The lowest BCUT2D eigenvalue weighted by Crippen LogP contribution is -2.23. The van der Waals surface area contributed by atoms with E-state index in [1.807, 2.05) is 31.2 Å². The lowest BCUT2D eigenvalue weighted by molar-refractivity contribution is -0.144. The Morgan fingerprint density at radius 2 is 1.88 bits per heavy atom. The standard InChI is InChI=1S/C13H19NO3/c1-3-16-11-7-5-10(6-8-11)12(9-14)13(15)17-4-2/h5-8,12H,3-4,9,14H2,1-2H3. The van der Waals surface area contributed by atoms with Crippen LogP contribution in [0.1, 0.15) is 25.3 Å². The molecule has 0 amide bonds. The maximum Gasteiger partial charge on any atom is 0.314 e. The summed E-state index contributed by atoms with van der Waals surface area (Å²) in [4.78, 5) is 11.7. The second kappa shape index (κ2) is 6.91. The van der Waals surface area contributed by atoms with E-state index in [1.54, 1.807) is 6.92 Å². The number of carbonyl (C=O) groups excluding carboxylic acids is 1. The lowest BCUT2D eigenvalue weighted by Gasteiger charge is -2.14. The highest BCUT2D eigenvalue weighted by atomic mass is 16.5. The summed E-state index contributed by atoms with van der Waals surface area (Å²) in [5, 5.41) is 0. The van der Waals surface area contributed by atoms with Gasteiger partial charge >= 0.3 is 5.97 Å². The normalized spacial score (nSPS) is 11.9. The van der Waals surface area contributed by atoms with Crippen LogP contribution in [0.5, 0.6) is 5.75 Å². The molecule has 0 aliphatic carbocycles. The molecule has 2 N–H and O–H groups in total. The molecule has 4 heteroatoms. The van der Waals surface area contributed by atoms with Gasteiger partial charge in [-0.15, -0.1) is 0 Å². The average Bonchev–Trinajstić information content (AvgIpc) is 2.33. The summed E-state index contributed by atoms with van der Waals surface area (Å²) in [5.74, 6) is 0.112. The van der Waals surface area contributed by atoms with E-state index in [-0.39, 0.29) is 12.5 Å². The van der Waals surface area contributed by atoms with Gasteiger partial charge in [0.15, 0.2) is 0 Å². The van der Waals surface area contributed by atoms with Gasteiger partial charge in [0.25, 0.3) is 0 Å². The number of esters is 1. The smallest absolute Gasteiger partial charge is 0.314 e. The molecule has 1 unspecified atom stereocenters. The van der Waals surface area contributed by atoms with Crippen LogP contribution in [0.3, 0.4) is 0 Å². The number of hydrogen-bond acceptors (Lipinski definition) is 4. The number of hydrogen-bond donors (Lipinski definition) is 1. The summed E-state index contributed by atoms with van der Waals surface area (Å²) in [6.45, 7) is 4.94. The maximum atomic E-state index is 11.7. The molecule has 1 rings (SSSR count). The van der Waals surface area contributed by atoms with Gasteiger partial charge in [-0.3, -0.25) is 4.79 Å². The van der Waals surface area contributed by atoms with Crippen LogP contribution in [0, 0.1) is 0 Å². The second-order valence-electron chi connectivity index (χ2n) is 3.54. The third-order valence-corrected chi connectivity index (χ3v) is 2.40. The van der Waals surface area contributed by atoms with Crippen molar-refractivity contribution in [2.45, 2.75) is 19.8 Å². The molecule has 0 bridgehead atoms. The molecule has 0 saturated heterocycles. The fraction of sp³-hybridized carbons (Fsp3) is 0.462. The minimum atomic E-state index is -0.398. The molecule has 94 valence electrons. The molecule has 0 saturated carbocycles. The Labute approximate surface area is 102 Å². The number of carbonyl (C=O) groups is 1. The number of rotatable bonds is 6. The maximum absolute atomic E-state index is 11.7. The second-order valence-corrected chi connectivity index (χ2v) is 3.54. The van der Waals surface area contributed by atoms with Gasteiger partial charge < -0.3 is 15.2 Å². The van der Waals surface area contributed by atoms with Gasteiger partial charge in [-0.2, -0.15) is 0 Å². The summed E-state index contributed by atoms with van der Waals surface area (Å²) >= 11 is 0. The van der Waals surface area contributed by atoms with E-state index in [0.717, 1.165) is 11.3 Å². The molecule has 0 aliphatic heterocycles. The molecular weight excluding hydrogens is 218 g/mol. The van der Waals surface area contributed by atoms with E-state index in [2.05, 4.69) is 0 Å². The first kappa shape index (κ1) is 13.5. The van der Waals surface area contributed by atoms with Gasteiger partial charge in [0, 0.05) is 6.54 Å². The first-order chi connectivity index (χ1) is 8.22. The number of ether oxygens (including phenoxy) is 2. The highest BCUT2D eigenvalue weighted by Gasteiger charge is 2.20. The van der Waals surface area contributed by atoms with Gasteiger partial charge in [-0.1, -0.05) is 12.1 Å².